The standard InChI is InChI=1S/C14H18BrNS/c1-9(16)14(6-7-14)10-2-5-13(12(15)8-10)17-11-3-4-11/h2,5,8-9,11H,3-4,6-7,16H2,1H3. The molecule has 3 rings (SSSR count). The molecule has 3 heteroatoms. The minimum Gasteiger partial charge on any atom is -0.327 e. The first kappa shape index (κ1) is 12.1. The lowest BCUT2D eigenvalue weighted by molar-refractivity contribution is 0.556. The van der Waals surface area contributed by atoms with Gasteiger partial charge in [0, 0.05) is 26.1 Å². The van der Waals surface area contributed by atoms with Crippen LogP contribution >= 0.6 is 27.7 Å². The summed E-state index contributed by atoms with van der Waals surface area (Å²) in [6.07, 6.45) is 5.24. The van der Waals surface area contributed by atoms with E-state index in [1.54, 1.807) is 0 Å². The van der Waals surface area contributed by atoms with E-state index in [1.165, 1.54) is 40.6 Å². The second-order valence-electron chi connectivity index (χ2n) is 5.41. The van der Waals surface area contributed by atoms with Gasteiger partial charge in [0.1, 0.15) is 0 Å². The molecule has 1 aromatic rings. The van der Waals surface area contributed by atoms with Crippen LogP contribution in [-0.4, -0.2) is 11.3 Å². The lowest BCUT2D eigenvalue weighted by atomic mass is 9.90. The van der Waals surface area contributed by atoms with E-state index < -0.39 is 0 Å². The Bertz CT molecular complexity index is 436. The van der Waals surface area contributed by atoms with Gasteiger partial charge in [-0.1, -0.05) is 6.07 Å². The van der Waals surface area contributed by atoms with E-state index in [2.05, 4.69) is 41.1 Å². The second kappa shape index (κ2) is 4.29. The fourth-order valence-electron chi connectivity index (χ4n) is 2.41. The summed E-state index contributed by atoms with van der Waals surface area (Å²) in [5.74, 6) is 0. The highest BCUT2D eigenvalue weighted by molar-refractivity contribution is 9.10. The number of hydrogen-bond donors (Lipinski definition) is 1. The molecule has 2 aliphatic carbocycles. The van der Waals surface area contributed by atoms with Crippen LogP contribution in [0.25, 0.3) is 0 Å². The van der Waals surface area contributed by atoms with E-state index in [9.17, 15) is 0 Å². The maximum Gasteiger partial charge on any atom is 0.0314 e. The predicted molar refractivity (Wildman–Crippen MR) is 77.6 cm³/mol. The molecule has 0 spiro atoms. The Labute approximate surface area is 116 Å². The lowest BCUT2D eigenvalue weighted by Gasteiger charge is -2.21. The molecule has 1 atom stereocenters. The molecule has 0 saturated heterocycles. The summed E-state index contributed by atoms with van der Waals surface area (Å²) >= 11 is 5.72. The first-order valence-corrected chi connectivity index (χ1v) is 8.01. The summed E-state index contributed by atoms with van der Waals surface area (Å²) in [6.45, 7) is 2.13. The van der Waals surface area contributed by atoms with Crippen LogP contribution in [0, 0.1) is 0 Å². The van der Waals surface area contributed by atoms with E-state index in [-0.39, 0.29) is 11.5 Å². The summed E-state index contributed by atoms with van der Waals surface area (Å²) in [7, 11) is 0. The fourth-order valence-corrected chi connectivity index (χ4v) is 4.12. The van der Waals surface area contributed by atoms with Crippen molar-refractivity contribution in [3.05, 3.63) is 28.2 Å². The maximum absolute atomic E-state index is 6.12. The van der Waals surface area contributed by atoms with Crippen LogP contribution in [0.3, 0.4) is 0 Å². The summed E-state index contributed by atoms with van der Waals surface area (Å²) < 4.78 is 1.25. The molecule has 2 N–H and O–H groups in total. The van der Waals surface area contributed by atoms with Crippen LogP contribution in [0.5, 0.6) is 0 Å². The highest BCUT2D eigenvalue weighted by Gasteiger charge is 2.47. The summed E-state index contributed by atoms with van der Waals surface area (Å²) in [5, 5.41) is 0.862. The van der Waals surface area contributed by atoms with Crippen LogP contribution < -0.4 is 5.73 Å². The van der Waals surface area contributed by atoms with Gasteiger partial charge in [0.05, 0.1) is 0 Å². The smallest absolute Gasteiger partial charge is 0.0314 e. The van der Waals surface area contributed by atoms with Crippen LogP contribution in [0.1, 0.15) is 38.2 Å². The van der Waals surface area contributed by atoms with Gasteiger partial charge in [-0.3, -0.25) is 0 Å². The SMILES string of the molecule is CC(N)C1(c2ccc(SC3CC3)c(Br)c2)CC1. The van der Waals surface area contributed by atoms with Crippen LogP contribution in [-0.2, 0) is 5.41 Å². The highest BCUT2D eigenvalue weighted by atomic mass is 79.9. The number of thioether (sulfide) groups is 1. The zero-order valence-electron chi connectivity index (χ0n) is 10.1. The van der Waals surface area contributed by atoms with Crippen LogP contribution in [0.2, 0.25) is 0 Å². The zero-order valence-corrected chi connectivity index (χ0v) is 12.5. The Kier molecular flexibility index (Phi) is 3.04. The highest BCUT2D eigenvalue weighted by Crippen LogP contribution is 2.51. The Morgan fingerprint density at radius 2 is 2.12 bits per heavy atom. The molecule has 0 amide bonds. The van der Waals surface area contributed by atoms with Crippen molar-refractivity contribution in [2.75, 3.05) is 0 Å². The van der Waals surface area contributed by atoms with E-state index >= 15 is 0 Å². The average molecular weight is 312 g/mol. The first-order valence-electron chi connectivity index (χ1n) is 6.34. The minimum absolute atomic E-state index is 0.260. The fraction of sp³-hybridized carbons (Fsp3) is 0.571. The van der Waals surface area contributed by atoms with Crippen molar-refractivity contribution in [1.29, 1.82) is 0 Å². The lowest BCUT2D eigenvalue weighted by Crippen LogP contribution is -2.31. The molecular weight excluding hydrogens is 294 g/mol. The van der Waals surface area contributed by atoms with Crippen molar-refractivity contribution in [2.24, 2.45) is 5.73 Å². The van der Waals surface area contributed by atoms with Crippen molar-refractivity contribution in [3.63, 3.8) is 0 Å². The minimum atomic E-state index is 0.260. The van der Waals surface area contributed by atoms with Gasteiger partial charge in [-0.25, -0.2) is 0 Å². The topological polar surface area (TPSA) is 26.0 Å². The molecule has 92 valence electrons. The van der Waals surface area contributed by atoms with Crippen LogP contribution in [0.15, 0.2) is 27.6 Å². The summed E-state index contributed by atoms with van der Waals surface area (Å²) in [6, 6.07) is 7.11. The molecular formula is C14H18BrNS. The molecule has 1 nitrogen and oxygen atoms in total. The van der Waals surface area contributed by atoms with Crippen LogP contribution in [0.4, 0.5) is 0 Å². The van der Waals surface area contributed by atoms with E-state index in [0.29, 0.717) is 0 Å². The molecule has 0 heterocycles. The van der Waals surface area contributed by atoms with Gasteiger partial charge in [0.15, 0.2) is 0 Å². The van der Waals surface area contributed by atoms with Crippen molar-refractivity contribution in [1.82, 2.24) is 0 Å². The zero-order chi connectivity index (χ0) is 12.0. The third kappa shape index (κ3) is 2.29. The monoisotopic (exact) mass is 311 g/mol. The van der Waals surface area contributed by atoms with Crippen molar-refractivity contribution < 1.29 is 0 Å². The number of benzene rings is 1. The van der Waals surface area contributed by atoms with Crippen molar-refractivity contribution in [3.8, 4) is 0 Å². The number of halogens is 1. The van der Waals surface area contributed by atoms with E-state index in [4.69, 9.17) is 5.73 Å². The molecule has 0 bridgehead atoms. The Balaban J connectivity index is 1.85. The molecule has 1 aromatic carbocycles. The van der Waals surface area contributed by atoms with Gasteiger partial charge in [-0.2, -0.15) is 0 Å². The molecule has 2 aliphatic rings. The quantitative estimate of drug-likeness (QED) is 0.906. The maximum atomic E-state index is 6.12. The third-order valence-electron chi connectivity index (χ3n) is 3.99. The number of nitrogens with two attached hydrogens (primary N) is 1. The normalized spacial score (nSPS) is 23.5. The van der Waals surface area contributed by atoms with Gasteiger partial charge < -0.3 is 5.73 Å². The molecule has 17 heavy (non-hydrogen) atoms. The van der Waals surface area contributed by atoms with Gasteiger partial charge in [0.2, 0.25) is 0 Å². The Morgan fingerprint density at radius 1 is 1.41 bits per heavy atom. The van der Waals surface area contributed by atoms with Gasteiger partial charge >= 0.3 is 0 Å². The van der Waals surface area contributed by atoms with E-state index in [1.807, 2.05) is 11.8 Å². The van der Waals surface area contributed by atoms with Gasteiger partial charge in [-0.05, 0) is 66.2 Å². The molecule has 2 saturated carbocycles. The molecule has 0 radical (unpaired) electrons. The van der Waals surface area contributed by atoms with Gasteiger partial charge in [-0.15, -0.1) is 11.8 Å². The third-order valence-corrected chi connectivity index (χ3v) is 6.32. The summed E-state index contributed by atoms with van der Waals surface area (Å²) in [5.41, 5.74) is 7.81. The second-order valence-corrected chi connectivity index (χ2v) is 7.60. The molecule has 0 aliphatic heterocycles. The number of hydrogen-bond acceptors (Lipinski definition) is 2. The summed E-state index contributed by atoms with van der Waals surface area (Å²) in [4.78, 5) is 1.39. The van der Waals surface area contributed by atoms with Gasteiger partial charge in [0.25, 0.3) is 0 Å². The molecule has 0 aromatic heterocycles. The molecule has 2 fully saturated rings. The number of rotatable bonds is 4. The van der Waals surface area contributed by atoms with E-state index in [0.717, 1.165) is 5.25 Å². The van der Waals surface area contributed by atoms with Crippen molar-refractivity contribution >= 4 is 27.7 Å². The largest absolute Gasteiger partial charge is 0.327 e. The van der Waals surface area contributed by atoms with Crippen molar-refractivity contribution in [2.45, 2.75) is 54.2 Å². The average Bonchev–Trinajstić information content (AvgIpc) is 3.14. The molecule has 1 unspecified atom stereocenters. The Hall–Kier alpha value is 0.01000. The Morgan fingerprint density at radius 3 is 2.59 bits per heavy atom. The predicted octanol–water partition coefficient (Wildman–Crippen LogP) is 4.08. The first-order chi connectivity index (χ1) is 8.12.